The molecule has 32 heavy (non-hydrogen) atoms. The van der Waals surface area contributed by atoms with Gasteiger partial charge in [-0.2, -0.15) is 13.2 Å². The number of carbonyl (C=O) groups is 1. The second-order valence-electron chi connectivity index (χ2n) is 7.29. The van der Waals surface area contributed by atoms with Crippen LogP contribution < -0.4 is 9.64 Å². The number of anilines is 1. The number of ether oxygens (including phenoxy) is 1. The molecular formula is C23H21F3N4O2. The Bertz CT molecular complexity index is 1050. The predicted molar refractivity (Wildman–Crippen MR) is 113 cm³/mol. The van der Waals surface area contributed by atoms with Gasteiger partial charge in [0.1, 0.15) is 5.75 Å². The summed E-state index contributed by atoms with van der Waals surface area (Å²) in [6.45, 7) is 1.49. The lowest BCUT2D eigenvalue weighted by Gasteiger charge is -2.35. The molecule has 1 saturated heterocycles. The van der Waals surface area contributed by atoms with Crippen molar-refractivity contribution in [2.45, 2.75) is 6.18 Å². The van der Waals surface area contributed by atoms with E-state index in [0.717, 1.165) is 17.3 Å². The SMILES string of the molecule is O=C(COc1ccccc1C(F)(F)F)N1CCN(c2ccc(-c3ccccc3)nn2)CC1. The van der Waals surface area contributed by atoms with Gasteiger partial charge in [-0.1, -0.05) is 42.5 Å². The number of para-hydroxylation sites is 1. The number of amides is 1. The van der Waals surface area contributed by atoms with Gasteiger partial charge < -0.3 is 14.5 Å². The number of rotatable bonds is 5. The van der Waals surface area contributed by atoms with Crippen LogP contribution >= 0.6 is 0 Å². The lowest BCUT2D eigenvalue weighted by Crippen LogP contribution is -2.50. The topological polar surface area (TPSA) is 58.6 Å². The maximum atomic E-state index is 13.1. The molecular weight excluding hydrogens is 421 g/mol. The van der Waals surface area contributed by atoms with Gasteiger partial charge in [0.05, 0.1) is 11.3 Å². The van der Waals surface area contributed by atoms with Gasteiger partial charge in [0.2, 0.25) is 0 Å². The van der Waals surface area contributed by atoms with Crippen molar-refractivity contribution in [1.82, 2.24) is 15.1 Å². The van der Waals surface area contributed by atoms with E-state index in [4.69, 9.17) is 4.74 Å². The Labute approximate surface area is 183 Å². The molecule has 0 aliphatic carbocycles. The van der Waals surface area contributed by atoms with E-state index in [9.17, 15) is 18.0 Å². The zero-order chi connectivity index (χ0) is 22.6. The number of hydrogen-bond acceptors (Lipinski definition) is 5. The molecule has 6 nitrogen and oxygen atoms in total. The van der Waals surface area contributed by atoms with Crippen LogP contribution in [0.3, 0.4) is 0 Å². The molecule has 0 radical (unpaired) electrons. The Balaban J connectivity index is 1.31. The molecule has 4 rings (SSSR count). The number of nitrogens with zero attached hydrogens (tertiary/aromatic N) is 4. The molecule has 0 N–H and O–H groups in total. The standard InChI is InChI=1S/C23H21F3N4O2/c24-23(25,26)18-8-4-5-9-20(18)32-16-22(31)30-14-12-29(13-15-30)21-11-10-19(27-28-21)17-6-2-1-3-7-17/h1-11H,12-16H2. The molecule has 1 aliphatic heterocycles. The van der Waals surface area contributed by atoms with Crippen LogP contribution in [0.4, 0.5) is 19.0 Å². The van der Waals surface area contributed by atoms with Crippen LogP contribution in [0, 0.1) is 0 Å². The van der Waals surface area contributed by atoms with E-state index in [1.807, 2.05) is 47.4 Å². The van der Waals surface area contributed by atoms with Crippen molar-refractivity contribution in [1.29, 1.82) is 0 Å². The van der Waals surface area contributed by atoms with E-state index >= 15 is 0 Å². The highest BCUT2D eigenvalue weighted by Gasteiger charge is 2.34. The van der Waals surface area contributed by atoms with Crippen LogP contribution in [0.1, 0.15) is 5.56 Å². The van der Waals surface area contributed by atoms with Crippen molar-refractivity contribution in [2.75, 3.05) is 37.7 Å². The summed E-state index contributed by atoms with van der Waals surface area (Å²) in [5.74, 6) is 0.0139. The average molecular weight is 442 g/mol. The maximum Gasteiger partial charge on any atom is 0.419 e. The zero-order valence-corrected chi connectivity index (χ0v) is 17.1. The first-order valence-electron chi connectivity index (χ1n) is 10.1. The predicted octanol–water partition coefficient (Wildman–Crippen LogP) is 3.89. The number of alkyl halides is 3. The minimum atomic E-state index is -4.54. The fraction of sp³-hybridized carbons (Fsp3) is 0.261. The third kappa shape index (κ3) is 4.99. The van der Waals surface area contributed by atoms with Crippen molar-refractivity contribution >= 4 is 11.7 Å². The smallest absolute Gasteiger partial charge is 0.419 e. The van der Waals surface area contributed by atoms with Gasteiger partial charge in [0.15, 0.2) is 12.4 Å². The van der Waals surface area contributed by atoms with Crippen LogP contribution in [0.2, 0.25) is 0 Å². The quantitative estimate of drug-likeness (QED) is 0.600. The van der Waals surface area contributed by atoms with E-state index in [1.165, 1.54) is 18.2 Å². The monoisotopic (exact) mass is 442 g/mol. The average Bonchev–Trinajstić information content (AvgIpc) is 2.83. The first kappa shape index (κ1) is 21.6. The summed E-state index contributed by atoms with van der Waals surface area (Å²) in [5, 5.41) is 8.58. The lowest BCUT2D eigenvalue weighted by atomic mass is 10.1. The number of piperazine rings is 1. The molecule has 2 heterocycles. The van der Waals surface area contributed by atoms with Crippen LogP contribution in [0.5, 0.6) is 5.75 Å². The highest BCUT2D eigenvalue weighted by Crippen LogP contribution is 2.35. The van der Waals surface area contributed by atoms with E-state index < -0.39 is 18.3 Å². The number of hydrogen-bond donors (Lipinski definition) is 0. The Hall–Kier alpha value is -3.62. The summed E-state index contributed by atoms with van der Waals surface area (Å²) in [6.07, 6.45) is -4.54. The highest BCUT2D eigenvalue weighted by molar-refractivity contribution is 5.78. The molecule has 166 valence electrons. The largest absolute Gasteiger partial charge is 0.483 e. The van der Waals surface area contributed by atoms with E-state index in [2.05, 4.69) is 10.2 Å². The Morgan fingerprint density at radius 2 is 1.56 bits per heavy atom. The molecule has 0 spiro atoms. The summed E-state index contributed by atoms with van der Waals surface area (Å²) in [7, 11) is 0. The summed E-state index contributed by atoms with van der Waals surface area (Å²) in [4.78, 5) is 16.1. The fourth-order valence-electron chi connectivity index (χ4n) is 3.50. The molecule has 3 aromatic rings. The number of carbonyl (C=O) groups excluding carboxylic acids is 1. The molecule has 0 atom stereocenters. The van der Waals surface area contributed by atoms with Gasteiger partial charge >= 0.3 is 6.18 Å². The second kappa shape index (κ2) is 9.25. The normalized spacial score (nSPS) is 14.3. The molecule has 1 amide bonds. The van der Waals surface area contributed by atoms with E-state index in [0.29, 0.717) is 32.0 Å². The highest BCUT2D eigenvalue weighted by atomic mass is 19.4. The van der Waals surface area contributed by atoms with Crippen molar-refractivity contribution in [3.63, 3.8) is 0 Å². The van der Waals surface area contributed by atoms with Crippen LogP contribution in [0.25, 0.3) is 11.3 Å². The van der Waals surface area contributed by atoms with Crippen molar-refractivity contribution < 1.29 is 22.7 Å². The van der Waals surface area contributed by atoms with E-state index in [1.54, 1.807) is 4.90 Å². The van der Waals surface area contributed by atoms with Crippen molar-refractivity contribution in [3.05, 3.63) is 72.3 Å². The summed E-state index contributed by atoms with van der Waals surface area (Å²) in [6, 6.07) is 18.4. The van der Waals surface area contributed by atoms with Gasteiger partial charge in [-0.25, -0.2) is 0 Å². The molecule has 0 saturated carbocycles. The van der Waals surface area contributed by atoms with Gasteiger partial charge in [0, 0.05) is 31.7 Å². The minimum absolute atomic E-state index is 0.347. The number of halogens is 3. The molecule has 0 unspecified atom stereocenters. The lowest BCUT2D eigenvalue weighted by molar-refractivity contribution is -0.141. The summed E-state index contributed by atoms with van der Waals surface area (Å²) >= 11 is 0. The summed E-state index contributed by atoms with van der Waals surface area (Å²) < 4.78 is 44.4. The van der Waals surface area contributed by atoms with Gasteiger partial charge in [-0.05, 0) is 24.3 Å². The Kier molecular flexibility index (Phi) is 6.25. The van der Waals surface area contributed by atoms with Crippen LogP contribution in [-0.2, 0) is 11.0 Å². The summed E-state index contributed by atoms with van der Waals surface area (Å²) in [5.41, 5.74) is 0.864. The third-order valence-electron chi connectivity index (χ3n) is 5.22. The van der Waals surface area contributed by atoms with Crippen LogP contribution in [-0.4, -0.2) is 53.8 Å². The number of benzene rings is 2. The Morgan fingerprint density at radius 3 is 2.22 bits per heavy atom. The fourth-order valence-corrected chi connectivity index (χ4v) is 3.50. The van der Waals surface area contributed by atoms with Gasteiger partial charge in [0.25, 0.3) is 5.91 Å². The first-order valence-corrected chi connectivity index (χ1v) is 10.1. The maximum absolute atomic E-state index is 13.1. The molecule has 1 fully saturated rings. The molecule has 1 aliphatic rings. The third-order valence-corrected chi connectivity index (χ3v) is 5.22. The molecule has 9 heteroatoms. The molecule has 0 bridgehead atoms. The van der Waals surface area contributed by atoms with Crippen molar-refractivity contribution in [2.24, 2.45) is 0 Å². The van der Waals surface area contributed by atoms with E-state index in [-0.39, 0.29) is 11.7 Å². The second-order valence-corrected chi connectivity index (χ2v) is 7.29. The van der Waals surface area contributed by atoms with Crippen LogP contribution in [0.15, 0.2) is 66.7 Å². The van der Waals surface area contributed by atoms with Gasteiger partial charge in [-0.15, -0.1) is 10.2 Å². The Morgan fingerprint density at radius 1 is 0.875 bits per heavy atom. The number of aromatic nitrogens is 2. The van der Waals surface area contributed by atoms with Gasteiger partial charge in [-0.3, -0.25) is 4.79 Å². The molecule has 1 aromatic heterocycles. The zero-order valence-electron chi connectivity index (χ0n) is 17.1. The first-order chi connectivity index (χ1) is 15.4. The molecule has 2 aromatic carbocycles. The minimum Gasteiger partial charge on any atom is -0.483 e. The van der Waals surface area contributed by atoms with Crippen molar-refractivity contribution in [3.8, 4) is 17.0 Å².